The van der Waals surface area contributed by atoms with Gasteiger partial charge in [0.1, 0.15) is 27.8 Å². The van der Waals surface area contributed by atoms with Gasteiger partial charge < -0.3 is 9.47 Å². The Morgan fingerprint density at radius 2 is 1.71 bits per heavy atom. The maximum atomic E-state index is 14.2. The van der Waals surface area contributed by atoms with Gasteiger partial charge in [0.05, 0.1) is 25.7 Å². The first-order chi connectivity index (χ1) is 18.3. The zero-order valence-corrected chi connectivity index (χ0v) is 23.1. The van der Waals surface area contributed by atoms with Crippen LogP contribution in [0.3, 0.4) is 0 Å². The molecule has 5 rings (SSSR count). The number of hydrogen-bond acceptors (Lipinski definition) is 7. The summed E-state index contributed by atoms with van der Waals surface area (Å²) in [6, 6.07) is 19.1. The summed E-state index contributed by atoms with van der Waals surface area (Å²) in [6.07, 6.45) is 1.04. The second-order valence-electron chi connectivity index (χ2n) is 9.14. The van der Waals surface area contributed by atoms with Crippen LogP contribution < -0.4 is 14.4 Å². The number of carbonyl (C=O) groups excluding carboxylic acids is 1. The highest BCUT2D eigenvalue weighted by Crippen LogP contribution is 2.41. The van der Waals surface area contributed by atoms with Crippen LogP contribution >= 0.6 is 11.3 Å². The first kappa shape index (κ1) is 26.1. The zero-order valence-electron chi connectivity index (χ0n) is 21.5. The summed E-state index contributed by atoms with van der Waals surface area (Å²) in [5, 5.41) is 0.455. The number of carbonyl (C=O) groups is 1. The maximum absolute atomic E-state index is 14.2. The summed E-state index contributed by atoms with van der Waals surface area (Å²) in [7, 11) is -0.703. The fourth-order valence-corrected chi connectivity index (χ4v) is 7.43. The van der Waals surface area contributed by atoms with Crippen molar-refractivity contribution in [3.8, 4) is 11.5 Å². The van der Waals surface area contributed by atoms with E-state index in [2.05, 4.69) is 0 Å². The second kappa shape index (κ2) is 10.7. The summed E-state index contributed by atoms with van der Waals surface area (Å²) < 4.78 is 40.3. The van der Waals surface area contributed by atoms with Gasteiger partial charge in [-0.15, -0.1) is 0 Å². The van der Waals surface area contributed by atoms with Crippen LogP contribution in [-0.2, 0) is 21.4 Å². The van der Waals surface area contributed by atoms with Crippen LogP contribution in [0.25, 0.3) is 10.2 Å². The van der Waals surface area contributed by atoms with Gasteiger partial charge >= 0.3 is 0 Å². The van der Waals surface area contributed by atoms with Crippen LogP contribution in [0.15, 0.2) is 71.6 Å². The van der Waals surface area contributed by atoms with Crippen LogP contribution in [0, 0.1) is 6.92 Å². The molecule has 1 unspecified atom stereocenters. The number of rotatable bonds is 8. The van der Waals surface area contributed by atoms with Gasteiger partial charge in [-0.1, -0.05) is 59.4 Å². The number of amides is 1. The standard InChI is InChI=1S/C28H29N3O5S2/c1-19-11-13-21(14-12-19)38(33,34)31-17-7-10-22(31)27(32)30(18-20-8-5-4-6-9-20)28-29-25-23(35-2)15-16-24(36-3)26(25)37-28/h4-6,8-9,11-16,22H,7,10,17-18H2,1-3H3. The quantitative estimate of drug-likeness (QED) is 0.306. The number of benzene rings is 3. The van der Waals surface area contributed by atoms with E-state index in [1.54, 1.807) is 55.5 Å². The molecule has 1 aliphatic heterocycles. The average molecular weight is 552 g/mol. The summed E-state index contributed by atoms with van der Waals surface area (Å²) in [4.78, 5) is 20.8. The van der Waals surface area contributed by atoms with E-state index in [9.17, 15) is 13.2 Å². The molecule has 0 N–H and O–H groups in total. The van der Waals surface area contributed by atoms with E-state index in [1.807, 2.05) is 37.3 Å². The molecule has 1 fully saturated rings. The Morgan fingerprint density at radius 3 is 2.39 bits per heavy atom. The molecule has 1 aliphatic rings. The van der Waals surface area contributed by atoms with Crippen LogP contribution in [0.2, 0.25) is 0 Å². The predicted molar refractivity (Wildman–Crippen MR) is 148 cm³/mol. The van der Waals surface area contributed by atoms with Gasteiger partial charge in [0, 0.05) is 6.54 Å². The third-order valence-electron chi connectivity index (χ3n) is 6.70. The number of nitrogens with zero attached hydrogens (tertiary/aromatic N) is 3. The Hall–Kier alpha value is -3.47. The van der Waals surface area contributed by atoms with Crippen molar-refractivity contribution < 1.29 is 22.7 Å². The second-order valence-corrected chi connectivity index (χ2v) is 12.0. The van der Waals surface area contributed by atoms with E-state index < -0.39 is 16.1 Å². The Balaban J connectivity index is 1.56. The largest absolute Gasteiger partial charge is 0.495 e. The van der Waals surface area contributed by atoms with Crippen LogP contribution in [-0.4, -0.2) is 50.4 Å². The van der Waals surface area contributed by atoms with E-state index in [0.717, 1.165) is 15.8 Å². The number of hydrogen-bond donors (Lipinski definition) is 0. The molecule has 2 heterocycles. The molecule has 10 heteroatoms. The topological polar surface area (TPSA) is 89.0 Å². The monoisotopic (exact) mass is 551 g/mol. The molecule has 1 aromatic heterocycles. The third kappa shape index (κ3) is 4.87. The van der Waals surface area contributed by atoms with Crippen molar-refractivity contribution in [2.45, 2.75) is 37.2 Å². The molecular formula is C28H29N3O5S2. The molecule has 198 valence electrons. The highest BCUT2D eigenvalue weighted by molar-refractivity contribution is 7.89. The summed E-state index contributed by atoms with van der Waals surface area (Å²) in [5.41, 5.74) is 2.46. The lowest BCUT2D eigenvalue weighted by atomic mass is 10.1. The van der Waals surface area contributed by atoms with Crippen molar-refractivity contribution in [1.29, 1.82) is 0 Å². The molecular weight excluding hydrogens is 522 g/mol. The molecule has 4 aromatic rings. The molecule has 3 aromatic carbocycles. The number of aryl methyl sites for hydroxylation is 1. The minimum Gasteiger partial charge on any atom is -0.495 e. The number of fused-ring (bicyclic) bond motifs is 1. The molecule has 0 saturated carbocycles. The Kier molecular flexibility index (Phi) is 7.38. The molecule has 1 saturated heterocycles. The Bertz CT molecular complexity index is 1510. The number of methoxy groups -OCH3 is 2. The highest BCUT2D eigenvalue weighted by Gasteiger charge is 2.42. The Labute approximate surface area is 226 Å². The van der Waals surface area contributed by atoms with Crippen molar-refractivity contribution in [1.82, 2.24) is 9.29 Å². The van der Waals surface area contributed by atoms with E-state index in [-0.39, 0.29) is 23.9 Å². The molecule has 0 bridgehead atoms. The first-order valence-electron chi connectivity index (χ1n) is 12.3. The molecule has 8 nitrogen and oxygen atoms in total. The van der Waals surface area contributed by atoms with Crippen molar-refractivity contribution in [3.63, 3.8) is 0 Å². The number of sulfonamides is 1. The van der Waals surface area contributed by atoms with Crippen LogP contribution in [0.5, 0.6) is 11.5 Å². The fraction of sp³-hybridized carbons (Fsp3) is 0.286. The molecule has 0 spiro atoms. The van der Waals surface area contributed by atoms with Gasteiger partial charge in [0.25, 0.3) is 0 Å². The van der Waals surface area contributed by atoms with Crippen molar-refractivity contribution in [3.05, 3.63) is 77.9 Å². The number of thiazole rings is 1. The summed E-state index contributed by atoms with van der Waals surface area (Å²) >= 11 is 1.32. The smallest absolute Gasteiger partial charge is 0.247 e. The SMILES string of the molecule is COc1ccc(OC)c2sc(N(Cc3ccccc3)C(=O)C3CCCN3S(=O)(=O)c3ccc(C)cc3)nc12. The fourth-order valence-electron chi connectivity index (χ4n) is 4.70. The van der Waals surface area contributed by atoms with Crippen LogP contribution in [0.1, 0.15) is 24.0 Å². The third-order valence-corrected chi connectivity index (χ3v) is 9.71. The van der Waals surface area contributed by atoms with Crippen molar-refractivity contribution in [2.24, 2.45) is 0 Å². The van der Waals surface area contributed by atoms with Crippen molar-refractivity contribution in [2.75, 3.05) is 25.7 Å². The average Bonchev–Trinajstić information content (AvgIpc) is 3.60. The van der Waals surface area contributed by atoms with E-state index in [4.69, 9.17) is 14.5 Å². The molecule has 0 radical (unpaired) electrons. The molecule has 1 atom stereocenters. The van der Waals surface area contributed by atoms with Gasteiger partial charge in [-0.2, -0.15) is 4.31 Å². The normalized spacial score (nSPS) is 16.0. The van der Waals surface area contributed by atoms with Gasteiger partial charge in [0.15, 0.2) is 5.13 Å². The summed E-state index contributed by atoms with van der Waals surface area (Å²) in [6.45, 7) is 2.44. The van der Waals surface area contributed by atoms with E-state index in [0.29, 0.717) is 35.0 Å². The van der Waals surface area contributed by atoms with Gasteiger partial charge in [0.2, 0.25) is 15.9 Å². The molecule has 1 amide bonds. The minimum atomic E-state index is -3.86. The minimum absolute atomic E-state index is 0.187. The lowest BCUT2D eigenvalue weighted by Gasteiger charge is -2.28. The molecule has 0 aliphatic carbocycles. The maximum Gasteiger partial charge on any atom is 0.247 e. The van der Waals surface area contributed by atoms with E-state index in [1.165, 1.54) is 15.6 Å². The lowest BCUT2D eigenvalue weighted by Crippen LogP contribution is -2.47. The number of aromatic nitrogens is 1. The zero-order chi connectivity index (χ0) is 26.9. The Morgan fingerprint density at radius 1 is 1.03 bits per heavy atom. The lowest BCUT2D eigenvalue weighted by molar-refractivity contribution is -0.121. The number of ether oxygens (including phenoxy) is 2. The van der Waals surface area contributed by atoms with Gasteiger partial charge in [-0.25, -0.2) is 13.4 Å². The van der Waals surface area contributed by atoms with Gasteiger partial charge in [-0.3, -0.25) is 9.69 Å². The first-order valence-corrected chi connectivity index (χ1v) is 14.5. The van der Waals surface area contributed by atoms with Crippen LogP contribution in [0.4, 0.5) is 5.13 Å². The number of anilines is 1. The van der Waals surface area contributed by atoms with Gasteiger partial charge in [-0.05, 0) is 49.6 Å². The highest BCUT2D eigenvalue weighted by atomic mass is 32.2. The molecule has 38 heavy (non-hydrogen) atoms. The van der Waals surface area contributed by atoms with E-state index >= 15 is 0 Å². The predicted octanol–water partition coefficient (Wildman–Crippen LogP) is 5.01. The summed E-state index contributed by atoms with van der Waals surface area (Å²) in [5.74, 6) is 0.889. The van der Waals surface area contributed by atoms with Crippen molar-refractivity contribution >= 4 is 42.6 Å².